The predicted molar refractivity (Wildman–Crippen MR) is 92.9 cm³/mol. The third-order valence-corrected chi connectivity index (χ3v) is 4.40. The number of fused-ring (bicyclic) bond motifs is 5. The van der Waals surface area contributed by atoms with Crippen molar-refractivity contribution in [2.45, 2.75) is 0 Å². The third kappa shape index (κ3) is 1.87. The lowest BCUT2D eigenvalue weighted by Crippen LogP contribution is -1.97. The molecule has 0 saturated heterocycles. The first-order valence-electron chi connectivity index (χ1n) is 6.79. The van der Waals surface area contributed by atoms with E-state index >= 15 is 0 Å². The van der Waals surface area contributed by atoms with Gasteiger partial charge in [0.25, 0.3) is 0 Å². The van der Waals surface area contributed by atoms with Gasteiger partial charge in [-0.3, -0.25) is 4.79 Å². The van der Waals surface area contributed by atoms with Gasteiger partial charge in [0.1, 0.15) is 0 Å². The van der Waals surface area contributed by atoms with Gasteiger partial charge in [-0.15, -0.1) is 0 Å². The van der Waals surface area contributed by atoms with E-state index in [-0.39, 0.29) is 5.43 Å². The molecule has 100 valence electrons. The Hall–Kier alpha value is -2.19. The molecule has 1 nitrogen and oxygen atoms in total. The van der Waals surface area contributed by atoms with Gasteiger partial charge in [-0.25, -0.2) is 0 Å². The van der Waals surface area contributed by atoms with Gasteiger partial charge in [0.2, 0.25) is 0 Å². The molecule has 21 heavy (non-hydrogen) atoms. The molecule has 0 heterocycles. The minimum Gasteiger partial charge on any atom is -0.289 e. The molecular formula is C19H11BrO. The first-order chi connectivity index (χ1) is 10.3. The van der Waals surface area contributed by atoms with Crippen LogP contribution in [-0.4, -0.2) is 0 Å². The molecule has 0 aliphatic heterocycles. The van der Waals surface area contributed by atoms with Crippen molar-refractivity contribution in [3.05, 3.63) is 81.4 Å². The van der Waals surface area contributed by atoms with Crippen LogP contribution in [0, 0.1) is 0 Å². The summed E-state index contributed by atoms with van der Waals surface area (Å²) in [6.07, 6.45) is 0. The topological polar surface area (TPSA) is 17.1 Å². The summed E-state index contributed by atoms with van der Waals surface area (Å²) in [5, 5.41) is 5.74. The second-order valence-electron chi connectivity index (χ2n) is 5.11. The van der Waals surface area contributed by atoms with Gasteiger partial charge in [-0.05, 0) is 33.7 Å². The second-order valence-corrected chi connectivity index (χ2v) is 6.03. The summed E-state index contributed by atoms with van der Waals surface area (Å²) in [6.45, 7) is 0. The highest BCUT2D eigenvalue weighted by atomic mass is 79.9. The van der Waals surface area contributed by atoms with Crippen LogP contribution in [0.2, 0.25) is 0 Å². The number of benzene rings is 3. The van der Waals surface area contributed by atoms with Crippen LogP contribution in [0.5, 0.6) is 0 Å². The van der Waals surface area contributed by atoms with E-state index in [0.717, 1.165) is 36.8 Å². The minimum absolute atomic E-state index is 0.0816. The summed E-state index contributed by atoms with van der Waals surface area (Å²) in [5.74, 6) is 0. The molecule has 0 saturated carbocycles. The number of hydrogen-bond acceptors (Lipinski definition) is 1. The van der Waals surface area contributed by atoms with Gasteiger partial charge in [0.15, 0.2) is 5.43 Å². The lowest BCUT2D eigenvalue weighted by Gasteiger charge is -1.99. The SMILES string of the molecule is O=c1c2ccccc2c2ccccc2c2ccc(Br)cc12. The Bertz CT molecular complexity index is 1070. The van der Waals surface area contributed by atoms with E-state index in [2.05, 4.69) is 28.1 Å². The molecule has 4 aromatic carbocycles. The van der Waals surface area contributed by atoms with Gasteiger partial charge in [-0.1, -0.05) is 70.5 Å². The molecule has 0 aliphatic rings. The summed E-state index contributed by atoms with van der Waals surface area (Å²) < 4.78 is 0.923. The standard InChI is InChI=1S/C19H11BrO/c20-12-9-10-16-14-6-2-1-5-13(14)15-7-3-4-8-17(15)19(21)18(16)11-12/h1-11H. The van der Waals surface area contributed by atoms with Crippen molar-refractivity contribution in [3.63, 3.8) is 0 Å². The van der Waals surface area contributed by atoms with E-state index in [1.165, 1.54) is 0 Å². The fourth-order valence-corrected chi connectivity index (χ4v) is 3.31. The number of hydrogen-bond donors (Lipinski definition) is 0. The number of halogens is 1. The summed E-state index contributed by atoms with van der Waals surface area (Å²) in [6, 6.07) is 21.9. The molecule has 0 spiro atoms. The fourth-order valence-electron chi connectivity index (χ4n) is 2.95. The second kappa shape index (κ2) is 4.68. The summed E-state index contributed by atoms with van der Waals surface area (Å²) >= 11 is 3.47. The highest BCUT2D eigenvalue weighted by Crippen LogP contribution is 2.29. The maximum absolute atomic E-state index is 12.9. The van der Waals surface area contributed by atoms with Crippen molar-refractivity contribution in [1.29, 1.82) is 0 Å². The van der Waals surface area contributed by atoms with Gasteiger partial charge >= 0.3 is 0 Å². The van der Waals surface area contributed by atoms with Crippen LogP contribution in [0.3, 0.4) is 0 Å². The Balaban J connectivity index is 2.51. The molecule has 0 bridgehead atoms. The molecule has 0 amide bonds. The maximum atomic E-state index is 12.9. The molecule has 0 aliphatic carbocycles. The molecule has 0 fully saturated rings. The molecule has 0 radical (unpaired) electrons. The molecule has 0 atom stereocenters. The van der Waals surface area contributed by atoms with Crippen molar-refractivity contribution >= 4 is 48.2 Å². The van der Waals surface area contributed by atoms with E-state index in [0.29, 0.717) is 0 Å². The molecule has 0 aromatic heterocycles. The van der Waals surface area contributed by atoms with Crippen molar-refractivity contribution in [2.75, 3.05) is 0 Å². The lowest BCUT2D eigenvalue weighted by atomic mass is 10.1. The molecule has 4 rings (SSSR count). The van der Waals surface area contributed by atoms with Crippen LogP contribution in [0.1, 0.15) is 0 Å². The Morgan fingerprint density at radius 3 is 1.67 bits per heavy atom. The molecule has 0 N–H and O–H groups in total. The van der Waals surface area contributed by atoms with Gasteiger partial charge in [0, 0.05) is 15.2 Å². The normalized spacial score (nSPS) is 11.3. The zero-order valence-corrected chi connectivity index (χ0v) is 12.7. The van der Waals surface area contributed by atoms with Crippen molar-refractivity contribution < 1.29 is 0 Å². The molecule has 4 aromatic rings. The summed E-state index contributed by atoms with van der Waals surface area (Å²) in [7, 11) is 0. The smallest absolute Gasteiger partial charge is 0.194 e. The average Bonchev–Trinajstić information content (AvgIpc) is 2.63. The van der Waals surface area contributed by atoms with Gasteiger partial charge < -0.3 is 0 Å². The Morgan fingerprint density at radius 2 is 1.05 bits per heavy atom. The van der Waals surface area contributed by atoms with Crippen LogP contribution in [0.15, 0.2) is 76.0 Å². The monoisotopic (exact) mass is 334 g/mol. The van der Waals surface area contributed by atoms with E-state index in [1.807, 2.05) is 54.6 Å². The third-order valence-electron chi connectivity index (χ3n) is 3.91. The van der Waals surface area contributed by atoms with E-state index in [1.54, 1.807) is 0 Å². The highest BCUT2D eigenvalue weighted by Gasteiger charge is 2.08. The maximum Gasteiger partial charge on any atom is 0.194 e. The number of rotatable bonds is 0. The lowest BCUT2D eigenvalue weighted by molar-refractivity contribution is 1.71. The Morgan fingerprint density at radius 1 is 0.571 bits per heavy atom. The van der Waals surface area contributed by atoms with Crippen LogP contribution in [0.4, 0.5) is 0 Å². The van der Waals surface area contributed by atoms with E-state index < -0.39 is 0 Å². The first-order valence-corrected chi connectivity index (χ1v) is 7.58. The van der Waals surface area contributed by atoms with Crippen molar-refractivity contribution in [2.24, 2.45) is 0 Å². The predicted octanol–water partition coefficient (Wildman–Crippen LogP) is 5.27. The van der Waals surface area contributed by atoms with Gasteiger partial charge in [-0.2, -0.15) is 0 Å². The Kier molecular flexibility index (Phi) is 2.79. The average molecular weight is 335 g/mol. The summed E-state index contributed by atoms with van der Waals surface area (Å²) in [5.41, 5.74) is 0.0816. The largest absolute Gasteiger partial charge is 0.289 e. The molecule has 2 heteroatoms. The molecular weight excluding hydrogens is 324 g/mol. The first kappa shape index (κ1) is 12.5. The zero-order valence-electron chi connectivity index (χ0n) is 11.1. The Labute approximate surface area is 130 Å². The van der Waals surface area contributed by atoms with E-state index in [9.17, 15) is 4.79 Å². The van der Waals surface area contributed by atoms with Crippen LogP contribution in [0.25, 0.3) is 32.3 Å². The summed E-state index contributed by atoms with van der Waals surface area (Å²) in [4.78, 5) is 12.9. The zero-order chi connectivity index (χ0) is 14.4. The van der Waals surface area contributed by atoms with Crippen LogP contribution in [-0.2, 0) is 0 Å². The van der Waals surface area contributed by atoms with Crippen LogP contribution >= 0.6 is 15.9 Å². The minimum atomic E-state index is 0.0816. The quantitative estimate of drug-likeness (QED) is 0.428. The highest BCUT2D eigenvalue weighted by molar-refractivity contribution is 9.10. The van der Waals surface area contributed by atoms with Gasteiger partial charge in [0.05, 0.1) is 0 Å². The van der Waals surface area contributed by atoms with Crippen LogP contribution < -0.4 is 5.43 Å². The van der Waals surface area contributed by atoms with Crippen molar-refractivity contribution in [3.8, 4) is 0 Å². The molecule has 0 unspecified atom stereocenters. The van der Waals surface area contributed by atoms with E-state index in [4.69, 9.17) is 0 Å². The van der Waals surface area contributed by atoms with Crippen molar-refractivity contribution in [1.82, 2.24) is 0 Å². The fraction of sp³-hybridized carbons (Fsp3) is 0.